The molecule has 0 radical (unpaired) electrons. The summed E-state index contributed by atoms with van der Waals surface area (Å²) in [5, 5.41) is 3.49. The summed E-state index contributed by atoms with van der Waals surface area (Å²) < 4.78 is 0. The molecule has 0 bridgehead atoms. The summed E-state index contributed by atoms with van der Waals surface area (Å²) in [5.41, 5.74) is 6.72. The second kappa shape index (κ2) is 10.7. The molecule has 0 saturated carbocycles. The monoisotopic (exact) mass is 323 g/mol. The lowest BCUT2D eigenvalue weighted by Gasteiger charge is -2.23. The van der Waals surface area contributed by atoms with Gasteiger partial charge in [0.05, 0.1) is 0 Å². The van der Waals surface area contributed by atoms with Crippen molar-refractivity contribution in [3.8, 4) is 0 Å². The number of hydrogen-bond acceptors (Lipinski definition) is 1. The van der Waals surface area contributed by atoms with Crippen molar-refractivity contribution in [3.05, 3.63) is 65.7 Å². The second-order valence-corrected chi connectivity index (χ2v) is 5.51. The van der Waals surface area contributed by atoms with Crippen LogP contribution in [0.25, 0.3) is 5.57 Å². The number of fused-ring (bicyclic) bond motifs is 1. The van der Waals surface area contributed by atoms with Gasteiger partial charge in [0.2, 0.25) is 0 Å². The largest absolute Gasteiger partial charge is 0.356 e. The topological polar surface area (TPSA) is 12.0 Å². The quantitative estimate of drug-likeness (QED) is 0.608. The highest BCUT2D eigenvalue weighted by atomic mass is 14.9. The average Bonchev–Trinajstić information content (AvgIpc) is 2.67. The Kier molecular flexibility index (Phi) is 8.93. The minimum Gasteiger partial charge on any atom is -0.356 e. The Morgan fingerprint density at radius 2 is 1.58 bits per heavy atom. The van der Waals surface area contributed by atoms with Crippen molar-refractivity contribution < 1.29 is 0 Å². The first-order valence-electron chi connectivity index (χ1n) is 9.43. The van der Waals surface area contributed by atoms with Gasteiger partial charge in [0.1, 0.15) is 0 Å². The lowest BCUT2D eigenvalue weighted by atomic mass is 9.83. The van der Waals surface area contributed by atoms with Gasteiger partial charge in [-0.1, -0.05) is 71.9 Å². The predicted octanol–water partition coefficient (Wildman–Crippen LogP) is 7.78. The zero-order valence-electron chi connectivity index (χ0n) is 16.2. The zero-order chi connectivity index (χ0) is 17.9. The van der Waals surface area contributed by atoms with Gasteiger partial charge in [0.15, 0.2) is 0 Å². The molecule has 2 aromatic rings. The van der Waals surface area contributed by atoms with Gasteiger partial charge >= 0.3 is 0 Å². The molecule has 0 aromatic heterocycles. The van der Waals surface area contributed by atoms with Crippen LogP contribution in [0.3, 0.4) is 0 Å². The maximum atomic E-state index is 3.49. The van der Waals surface area contributed by atoms with E-state index in [4.69, 9.17) is 0 Å². The molecule has 3 rings (SSSR count). The van der Waals surface area contributed by atoms with E-state index in [1.165, 1.54) is 22.4 Å². The first-order valence-corrected chi connectivity index (χ1v) is 9.43. The molecule has 0 heterocycles. The van der Waals surface area contributed by atoms with Crippen LogP contribution in [0.2, 0.25) is 0 Å². The first-order chi connectivity index (χ1) is 11.8. The van der Waals surface area contributed by atoms with Crippen molar-refractivity contribution in [2.24, 2.45) is 0 Å². The van der Waals surface area contributed by atoms with E-state index >= 15 is 0 Å². The van der Waals surface area contributed by atoms with Gasteiger partial charge in [-0.2, -0.15) is 0 Å². The van der Waals surface area contributed by atoms with Crippen molar-refractivity contribution in [1.29, 1.82) is 0 Å². The summed E-state index contributed by atoms with van der Waals surface area (Å²) in [6, 6.07) is 17.1. The molecule has 0 amide bonds. The molecule has 1 nitrogen and oxygen atoms in total. The Hall–Kier alpha value is -2.02. The molecule has 2 aromatic carbocycles. The molecule has 1 heteroatoms. The lowest BCUT2D eigenvalue weighted by molar-refractivity contribution is 0.764. The molecule has 1 atom stereocenters. The predicted molar refractivity (Wildman–Crippen MR) is 110 cm³/mol. The van der Waals surface area contributed by atoms with Crippen LogP contribution in [0.5, 0.6) is 0 Å². The highest BCUT2D eigenvalue weighted by molar-refractivity contribution is 5.74. The highest BCUT2D eigenvalue weighted by Crippen LogP contribution is 2.37. The molecule has 0 spiro atoms. The van der Waals surface area contributed by atoms with E-state index in [9.17, 15) is 0 Å². The Labute approximate surface area is 148 Å². The van der Waals surface area contributed by atoms with Crippen molar-refractivity contribution in [3.63, 3.8) is 0 Å². The van der Waals surface area contributed by atoms with Crippen LogP contribution in [0.1, 0.15) is 71.4 Å². The number of benzene rings is 2. The van der Waals surface area contributed by atoms with Gasteiger partial charge in [-0.3, -0.25) is 0 Å². The van der Waals surface area contributed by atoms with Gasteiger partial charge in [0.25, 0.3) is 0 Å². The summed E-state index contributed by atoms with van der Waals surface area (Å²) in [5.74, 6) is 0.609. The third-order valence-corrected chi connectivity index (χ3v) is 4.09. The molecular formula is C23H33N. The normalized spacial score (nSPS) is 14.9. The van der Waals surface area contributed by atoms with Gasteiger partial charge < -0.3 is 5.32 Å². The number of para-hydroxylation sites is 1. The molecule has 1 unspecified atom stereocenters. The second-order valence-electron chi connectivity index (χ2n) is 5.51. The standard InChI is InChI=1S/C19H21N.2C2H6/c1-3-15-10-9-14(2)19-13-17(11-12-18(15)19)20-16-7-5-4-6-8-16;2*1-2/h4-8,10-14,20H,3,9H2,1-2H3;2*1-2H3. The molecule has 1 N–H and O–H groups in total. The van der Waals surface area contributed by atoms with Gasteiger partial charge in [-0.05, 0) is 59.7 Å². The van der Waals surface area contributed by atoms with E-state index in [-0.39, 0.29) is 0 Å². The molecule has 0 saturated heterocycles. The number of allylic oxidation sites excluding steroid dienone is 2. The van der Waals surface area contributed by atoms with E-state index in [2.05, 4.69) is 67.7 Å². The summed E-state index contributed by atoms with van der Waals surface area (Å²) in [6.07, 6.45) is 4.67. The Balaban J connectivity index is 0.000000671. The van der Waals surface area contributed by atoms with Crippen molar-refractivity contribution in [2.45, 2.75) is 60.3 Å². The fourth-order valence-corrected chi connectivity index (χ4v) is 2.92. The molecule has 1 aliphatic rings. The molecular weight excluding hydrogens is 290 g/mol. The average molecular weight is 324 g/mol. The van der Waals surface area contributed by atoms with Gasteiger partial charge in [0, 0.05) is 11.4 Å². The summed E-state index contributed by atoms with van der Waals surface area (Å²) >= 11 is 0. The molecule has 24 heavy (non-hydrogen) atoms. The number of rotatable bonds is 3. The Bertz CT molecular complexity index is 626. The van der Waals surface area contributed by atoms with Crippen LogP contribution in [-0.2, 0) is 0 Å². The van der Waals surface area contributed by atoms with Crippen molar-refractivity contribution >= 4 is 16.9 Å². The maximum absolute atomic E-state index is 3.49. The van der Waals surface area contributed by atoms with Crippen LogP contribution in [0.15, 0.2) is 54.6 Å². The van der Waals surface area contributed by atoms with Crippen molar-refractivity contribution in [2.75, 3.05) is 5.32 Å². The molecule has 130 valence electrons. The third-order valence-electron chi connectivity index (χ3n) is 4.09. The van der Waals surface area contributed by atoms with E-state index < -0.39 is 0 Å². The van der Waals surface area contributed by atoms with E-state index in [1.54, 1.807) is 0 Å². The summed E-state index contributed by atoms with van der Waals surface area (Å²) in [6.45, 7) is 12.6. The SMILES string of the molecule is CC.CC.CCC1=CCC(C)c2cc(Nc3ccccc3)ccc21. The summed E-state index contributed by atoms with van der Waals surface area (Å²) in [7, 11) is 0. The van der Waals surface area contributed by atoms with E-state index in [0.29, 0.717) is 5.92 Å². The minimum atomic E-state index is 0.609. The third kappa shape index (κ3) is 4.99. The van der Waals surface area contributed by atoms with Crippen molar-refractivity contribution in [1.82, 2.24) is 0 Å². The van der Waals surface area contributed by atoms with Crippen LogP contribution >= 0.6 is 0 Å². The molecule has 1 aliphatic carbocycles. The Morgan fingerprint density at radius 3 is 2.21 bits per heavy atom. The Morgan fingerprint density at radius 1 is 0.917 bits per heavy atom. The van der Waals surface area contributed by atoms with Crippen LogP contribution in [-0.4, -0.2) is 0 Å². The summed E-state index contributed by atoms with van der Waals surface area (Å²) in [4.78, 5) is 0. The van der Waals surface area contributed by atoms with Gasteiger partial charge in [-0.15, -0.1) is 0 Å². The van der Waals surface area contributed by atoms with Crippen LogP contribution < -0.4 is 5.32 Å². The molecule has 0 fully saturated rings. The van der Waals surface area contributed by atoms with E-state index in [1.807, 2.05) is 33.8 Å². The van der Waals surface area contributed by atoms with Gasteiger partial charge in [-0.25, -0.2) is 0 Å². The number of hydrogen-bond donors (Lipinski definition) is 1. The van der Waals surface area contributed by atoms with Crippen LogP contribution in [0, 0.1) is 0 Å². The fraction of sp³-hybridized carbons (Fsp3) is 0.391. The first kappa shape index (κ1) is 20.0. The highest BCUT2D eigenvalue weighted by Gasteiger charge is 2.17. The van der Waals surface area contributed by atoms with E-state index in [0.717, 1.165) is 18.5 Å². The number of nitrogens with one attached hydrogen (secondary N) is 1. The lowest BCUT2D eigenvalue weighted by Crippen LogP contribution is -2.05. The minimum absolute atomic E-state index is 0.609. The maximum Gasteiger partial charge on any atom is 0.0387 e. The molecule has 0 aliphatic heterocycles. The smallest absolute Gasteiger partial charge is 0.0387 e. The van der Waals surface area contributed by atoms with Crippen LogP contribution in [0.4, 0.5) is 11.4 Å². The number of anilines is 2. The fourth-order valence-electron chi connectivity index (χ4n) is 2.92. The zero-order valence-corrected chi connectivity index (χ0v) is 16.2.